The van der Waals surface area contributed by atoms with Gasteiger partial charge >= 0.3 is 0 Å². The molecule has 0 unspecified atom stereocenters. The molecular weight excluding hydrogens is 332 g/mol. The highest BCUT2D eigenvalue weighted by Gasteiger charge is 2.20. The van der Waals surface area contributed by atoms with Crippen LogP contribution < -0.4 is 4.74 Å². The molecule has 0 amide bonds. The van der Waals surface area contributed by atoms with Crippen molar-refractivity contribution >= 4 is 11.6 Å². The van der Waals surface area contributed by atoms with Crippen molar-refractivity contribution in [2.45, 2.75) is 26.7 Å². The highest BCUT2D eigenvalue weighted by atomic mass is 16.5. The van der Waals surface area contributed by atoms with E-state index in [0.29, 0.717) is 23.3 Å². The molecule has 0 fully saturated rings. The van der Waals surface area contributed by atoms with Gasteiger partial charge in [0.15, 0.2) is 11.6 Å². The van der Waals surface area contributed by atoms with Gasteiger partial charge in [-0.15, -0.1) is 0 Å². The highest BCUT2D eigenvalue weighted by molar-refractivity contribution is 6.14. The molecule has 0 aliphatic heterocycles. The monoisotopic (exact) mass is 354 g/mol. The first-order valence-electron chi connectivity index (χ1n) is 8.21. The van der Waals surface area contributed by atoms with E-state index in [1.54, 1.807) is 6.07 Å². The Labute approximate surface area is 152 Å². The van der Waals surface area contributed by atoms with Gasteiger partial charge in [0.2, 0.25) is 0 Å². The Hall–Kier alpha value is -3.08. The molecule has 0 saturated carbocycles. The first kappa shape index (κ1) is 19.2. The van der Waals surface area contributed by atoms with Crippen molar-refractivity contribution in [3.63, 3.8) is 0 Å². The standard InChI is InChI=1S/C21H22O5/c1-13(2)4-9-17-20(26-3)11-10-16(21(17)25)19(24)12-18(23)14-5-7-15(22)8-6-14/h4-8,10-11,22,25H,9,12H2,1-3H3. The maximum Gasteiger partial charge on any atom is 0.174 e. The van der Waals surface area contributed by atoms with Crippen LogP contribution in [0.4, 0.5) is 0 Å². The molecule has 0 radical (unpaired) electrons. The van der Waals surface area contributed by atoms with E-state index < -0.39 is 5.78 Å². The van der Waals surface area contributed by atoms with Crippen LogP contribution in [0.1, 0.15) is 46.5 Å². The Morgan fingerprint density at radius 1 is 1.00 bits per heavy atom. The number of allylic oxidation sites excluding steroid dienone is 2. The Bertz CT molecular complexity index is 843. The van der Waals surface area contributed by atoms with Gasteiger partial charge in [0.1, 0.15) is 17.2 Å². The SMILES string of the molecule is COc1ccc(C(=O)CC(=O)c2ccc(O)cc2)c(O)c1CC=C(C)C. The molecular formula is C21H22O5. The van der Waals surface area contributed by atoms with Gasteiger partial charge < -0.3 is 14.9 Å². The summed E-state index contributed by atoms with van der Waals surface area (Å²) >= 11 is 0. The molecule has 0 atom stereocenters. The zero-order valence-electron chi connectivity index (χ0n) is 15.1. The van der Waals surface area contributed by atoms with Crippen LogP contribution >= 0.6 is 0 Å². The third-order valence-corrected chi connectivity index (χ3v) is 3.98. The fourth-order valence-corrected chi connectivity index (χ4v) is 2.53. The van der Waals surface area contributed by atoms with Crippen molar-refractivity contribution in [3.05, 3.63) is 64.7 Å². The lowest BCUT2D eigenvalue weighted by atomic mass is 9.97. The van der Waals surface area contributed by atoms with Gasteiger partial charge in [0.05, 0.1) is 19.1 Å². The molecule has 0 bridgehead atoms. The first-order valence-corrected chi connectivity index (χ1v) is 8.21. The van der Waals surface area contributed by atoms with Crippen molar-refractivity contribution in [1.29, 1.82) is 0 Å². The average Bonchev–Trinajstić information content (AvgIpc) is 2.60. The molecule has 2 rings (SSSR count). The van der Waals surface area contributed by atoms with E-state index in [-0.39, 0.29) is 29.3 Å². The molecule has 5 nitrogen and oxygen atoms in total. The van der Waals surface area contributed by atoms with E-state index in [9.17, 15) is 19.8 Å². The Morgan fingerprint density at radius 2 is 1.65 bits per heavy atom. The van der Waals surface area contributed by atoms with Gasteiger partial charge in [0.25, 0.3) is 0 Å². The average molecular weight is 354 g/mol. The maximum absolute atomic E-state index is 12.5. The lowest BCUT2D eigenvalue weighted by Crippen LogP contribution is -2.09. The molecule has 2 aromatic rings. The van der Waals surface area contributed by atoms with Gasteiger partial charge in [-0.2, -0.15) is 0 Å². The number of ketones is 2. The summed E-state index contributed by atoms with van der Waals surface area (Å²) in [7, 11) is 1.50. The number of phenols is 2. The molecule has 0 heterocycles. The second kappa shape index (κ2) is 8.34. The second-order valence-electron chi connectivity index (χ2n) is 6.20. The van der Waals surface area contributed by atoms with Crippen LogP contribution in [0.5, 0.6) is 17.2 Å². The highest BCUT2D eigenvalue weighted by Crippen LogP contribution is 2.33. The summed E-state index contributed by atoms with van der Waals surface area (Å²) < 4.78 is 5.26. The summed E-state index contributed by atoms with van der Waals surface area (Å²) in [4.78, 5) is 24.8. The second-order valence-corrected chi connectivity index (χ2v) is 6.20. The van der Waals surface area contributed by atoms with Gasteiger partial charge in [-0.05, 0) is 56.7 Å². The minimum atomic E-state index is -0.471. The van der Waals surface area contributed by atoms with E-state index >= 15 is 0 Å². The molecule has 5 heteroatoms. The van der Waals surface area contributed by atoms with Gasteiger partial charge in [0, 0.05) is 11.1 Å². The lowest BCUT2D eigenvalue weighted by molar-refractivity contribution is 0.0893. The van der Waals surface area contributed by atoms with Crippen molar-refractivity contribution in [3.8, 4) is 17.2 Å². The zero-order valence-corrected chi connectivity index (χ0v) is 15.1. The number of aromatic hydroxyl groups is 2. The molecule has 2 N–H and O–H groups in total. The van der Waals surface area contributed by atoms with Crippen LogP contribution in [0.3, 0.4) is 0 Å². The van der Waals surface area contributed by atoms with Crippen LogP contribution in [0, 0.1) is 0 Å². The number of ether oxygens (including phenoxy) is 1. The number of rotatable bonds is 7. The minimum Gasteiger partial charge on any atom is -0.508 e. The summed E-state index contributed by atoms with van der Waals surface area (Å²) in [5, 5.41) is 19.8. The predicted molar refractivity (Wildman–Crippen MR) is 99.2 cm³/mol. The molecule has 0 aromatic heterocycles. The van der Waals surface area contributed by atoms with Crippen LogP contribution in [0.25, 0.3) is 0 Å². The van der Waals surface area contributed by atoms with Crippen molar-refractivity contribution < 1.29 is 24.5 Å². The fourth-order valence-electron chi connectivity index (χ4n) is 2.53. The smallest absolute Gasteiger partial charge is 0.174 e. The Kier molecular flexibility index (Phi) is 6.17. The first-order chi connectivity index (χ1) is 12.3. The van der Waals surface area contributed by atoms with E-state index in [1.165, 1.54) is 37.4 Å². The molecule has 26 heavy (non-hydrogen) atoms. The summed E-state index contributed by atoms with van der Waals surface area (Å²) in [6.07, 6.45) is 1.98. The largest absolute Gasteiger partial charge is 0.508 e. The zero-order chi connectivity index (χ0) is 19.3. The molecule has 0 saturated heterocycles. The number of hydrogen-bond acceptors (Lipinski definition) is 5. The molecule has 0 aliphatic rings. The van der Waals surface area contributed by atoms with Crippen LogP contribution in [-0.2, 0) is 6.42 Å². The number of carbonyl (C=O) groups is 2. The van der Waals surface area contributed by atoms with Gasteiger partial charge in [-0.1, -0.05) is 11.6 Å². The Morgan fingerprint density at radius 3 is 2.23 bits per heavy atom. The molecule has 0 aliphatic carbocycles. The van der Waals surface area contributed by atoms with Crippen molar-refractivity contribution in [2.75, 3.05) is 7.11 Å². The summed E-state index contributed by atoms with van der Waals surface area (Å²) in [6, 6.07) is 8.77. The maximum atomic E-state index is 12.5. The Balaban J connectivity index is 2.28. The number of Topliss-reactive ketones (excluding diaryl/α,β-unsaturated/α-hetero) is 2. The summed E-state index contributed by atoms with van der Waals surface area (Å²) in [6.45, 7) is 3.88. The molecule has 136 valence electrons. The van der Waals surface area contributed by atoms with Gasteiger partial charge in [-0.3, -0.25) is 9.59 Å². The van der Waals surface area contributed by atoms with Crippen LogP contribution in [0.2, 0.25) is 0 Å². The third-order valence-electron chi connectivity index (χ3n) is 3.98. The number of hydrogen-bond donors (Lipinski definition) is 2. The van der Waals surface area contributed by atoms with E-state index in [4.69, 9.17) is 4.74 Å². The predicted octanol–water partition coefficient (Wildman–Crippen LogP) is 4.07. The van der Waals surface area contributed by atoms with E-state index in [1.807, 2.05) is 19.9 Å². The minimum absolute atomic E-state index is 0.0459. The number of phenolic OH excluding ortho intramolecular Hbond substituents is 2. The molecule has 2 aromatic carbocycles. The van der Waals surface area contributed by atoms with Crippen molar-refractivity contribution in [2.24, 2.45) is 0 Å². The lowest BCUT2D eigenvalue weighted by Gasteiger charge is -2.12. The normalized spacial score (nSPS) is 10.3. The number of carbonyl (C=O) groups excluding carboxylic acids is 2. The number of benzene rings is 2. The van der Waals surface area contributed by atoms with E-state index in [2.05, 4.69) is 0 Å². The van der Waals surface area contributed by atoms with Crippen molar-refractivity contribution in [1.82, 2.24) is 0 Å². The van der Waals surface area contributed by atoms with E-state index in [0.717, 1.165) is 5.57 Å². The summed E-state index contributed by atoms with van der Waals surface area (Å²) in [5.74, 6) is -0.478. The molecule has 0 spiro atoms. The fraction of sp³-hybridized carbons (Fsp3) is 0.238. The van der Waals surface area contributed by atoms with Crippen LogP contribution in [0.15, 0.2) is 48.0 Å². The summed E-state index contributed by atoms with van der Waals surface area (Å²) in [5.41, 5.74) is 2.01. The quantitative estimate of drug-likeness (QED) is 0.445. The third kappa shape index (κ3) is 4.51. The van der Waals surface area contributed by atoms with Gasteiger partial charge in [-0.25, -0.2) is 0 Å². The topological polar surface area (TPSA) is 83.8 Å². The van der Waals surface area contributed by atoms with Crippen LogP contribution in [-0.4, -0.2) is 28.9 Å². The number of methoxy groups -OCH3 is 1.